The number of halogens is 2. The Morgan fingerprint density at radius 1 is 1.41 bits per heavy atom. The Balaban J connectivity index is 2.02. The highest BCUT2D eigenvalue weighted by atomic mass is 79.9. The van der Waals surface area contributed by atoms with E-state index >= 15 is 0 Å². The fraction of sp³-hybridized carbons (Fsp3) is 0.200. The van der Waals surface area contributed by atoms with Gasteiger partial charge in [-0.15, -0.1) is 10.2 Å². The largest absolute Gasteiger partial charge is 0.415 e. The zero-order chi connectivity index (χ0) is 12.3. The van der Waals surface area contributed by atoms with Crippen LogP contribution in [-0.4, -0.2) is 10.2 Å². The van der Waals surface area contributed by atoms with Crippen LogP contribution in [0, 0.1) is 0 Å². The van der Waals surface area contributed by atoms with Crippen molar-refractivity contribution >= 4 is 39.3 Å². The molecule has 0 spiro atoms. The van der Waals surface area contributed by atoms with Crippen LogP contribution in [0.2, 0.25) is 5.02 Å². The van der Waals surface area contributed by atoms with Gasteiger partial charge in [-0.05, 0) is 17.7 Å². The van der Waals surface area contributed by atoms with Gasteiger partial charge in [-0.3, -0.25) is 0 Å². The molecule has 0 saturated carbocycles. The Bertz CT molecular complexity index is 520. The maximum absolute atomic E-state index is 6.10. The highest BCUT2D eigenvalue weighted by Gasteiger charge is 2.07. The molecule has 4 nitrogen and oxygen atoms in total. The van der Waals surface area contributed by atoms with Gasteiger partial charge in [0.25, 0.3) is 5.22 Å². The van der Waals surface area contributed by atoms with Crippen molar-refractivity contribution in [2.24, 2.45) is 5.73 Å². The van der Waals surface area contributed by atoms with E-state index in [2.05, 4.69) is 26.1 Å². The molecule has 0 aliphatic rings. The predicted octanol–water partition coefficient (Wildman–Crippen LogP) is 3.24. The number of benzene rings is 1. The Hall–Kier alpha value is -0.560. The van der Waals surface area contributed by atoms with Crippen LogP contribution in [-0.2, 0) is 12.3 Å². The van der Waals surface area contributed by atoms with E-state index in [1.165, 1.54) is 11.8 Å². The van der Waals surface area contributed by atoms with Crippen LogP contribution in [0.4, 0.5) is 0 Å². The first-order valence-corrected chi connectivity index (χ1v) is 6.94. The molecule has 1 aromatic heterocycles. The molecule has 1 heterocycles. The van der Waals surface area contributed by atoms with Crippen LogP contribution in [0.25, 0.3) is 0 Å². The van der Waals surface area contributed by atoms with Gasteiger partial charge < -0.3 is 10.2 Å². The Labute approximate surface area is 116 Å². The molecule has 0 atom stereocenters. The lowest BCUT2D eigenvalue weighted by atomic mass is 10.2. The molecular weight excluding hydrogens is 326 g/mol. The van der Waals surface area contributed by atoms with Gasteiger partial charge in [-0.1, -0.05) is 45.4 Å². The van der Waals surface area contributed by atoms with Crippen LogP contribution < -0.4 is 5.73 Å². The summed E-state index contributed by atoms with van der Waals surface area (Å²) in [5, 5.41) is 8.86. The summed E-state index contributed by atoms with van der Waals surface area (Å²) >= 11 is 10.9. The van der Waals surface area contributed by atoms with Gasteiger partial charge in [0.05, 0.1) is 6.54 Å². The SMILES string of the molecule is NCc1nnc(SCc2ccc(Br)cc2Cl)o1. The first-order valence-electron chi connectivity index (χ1n) is 4.78. The summed E-state index contributed by atoms with van der Waals surface area (Å²) in [4.78, 5) is 0. The van der Waals surface area contributed by atoms with E-state index in [-0.39, 0.29) is 6.54 Å². The number of nitrogens with zero attached hydrogens (tertiary/aromatic N) is 2. The Morgan fingerprint density at radius 2 is 2.24 bits per heavy atom. The molecule has 2 rings (SSSR count). The normalized spacial score (nSPS) is 10.8. The van der Waals surface area contributed by atoms with Gasteiger partial charge in [0.15, 0.2) is 0 Å². The maximum Gasteiger partial charge on any atom is 0.276 e. The fourth-order valence-corrected chi connectivity index (χ4v) is 2.76. The van der Waals surface area contributed by atoms with Crippen molar-refractivity contribution in [3.63, 3.8) is 0 Å². The van der Waals surface area contributed by atoms with E-state index < -0.39 is 0 Å². The van der Waals surface area contributed by atoms with E-state index in [1.54, 1.807) is 0 Å². The van der Waals surface area contributed by atoms with Gasteiger partial charge in [0.2, 0.25) is 5.89 Å². The molecule has 0 amide bonds. The minimum absolute atomic E-state index is 0.257. The molecule has 0 unspecified atom stereocenters. The molecular formula is C10H9BrClN3OS. The zero-order valence-electron chi connectivity index (χ0n) is 8.69. The Morgan fingerprint density at radius 3 is 2.88 bits per heavy atom. The minimum Gasteiger partial charge on any atom is -0.415 e. The van der Waals surface area contributed by atoms with Gasteiger partial charge in [0, 0.05) is 15.2 Å². The molecule has 2 aromatic rings. The lowest BCUT2D eigenvalue weighted by Gasteiger charge is -2.02. The van der Waals surface area contributed by atoms with Gasteiger partial charge in [-0.2, -0.15) is 0 Å². The quantitative estimate of drug-likeness (QED) is 0.870. The van der Waals surface area contributed by atoms with E-state index in [9.17, 15) is 0 Å². The van der Waals surface area contributed by atoms with Crippen molar-refractivity contribution in [3.8, 4) is 0 Å². The second-order valence-electron chi connectivity index (χ2n) is 3.19. The van der Waals surface area contributed by atoms with Crippen molar-refractivity contribution < 1.29 is 4.42 Å². The third-order valence-electron chi connectivity index (χ3n) is 1.99. The molecule has 0 aliphatic heterocycles. The molecule has 0 aliphatic carbocycles. The van der Waals surface area contributed by atoms with Crippen molar-refractivity contribution in [2.75, 3.05) is 0 Å². The number of rotatable bonds is 4. The molecule has 0 saturated heterocycles. The summed E-state index contributed by atoms with van der Waals surface area (Å²) in [6, 6.07) is 5.76. The van der Waals surface area contributed by atoms with E-state index in [4.69, 9.17) is 21.8 Å². The third kappa shape index (κ3) is 3.45. The van der Waals surface area contributed by atoms with Crippen LogP contribution in [0.1, 0.15) is 11.5 Å². The first-order chi connectivity index (χ1) is 8.19. The maximum atomic E-state index is 6.10. The number of hydrogen-bond acceptors (Lipinski definition) is 5. The van der Waals surface area contributed by atoms with Crippen LogP contribution in [0.15, 0.2) is 32.3 Å². The van der Waals surface area contributed by atoms with Crippen molar-refractivity contribution in [2.45, 2.75) is 17.5 Å². The summed E-state index contributed by atoms with van der Waals surface area (Å²) < 4.78 is 6.24. The molecule has 0 bridgehead atoms. The van der Waals surface area contributed by atoms with Crippen molar-refractivity contribution in [1.29, 1.82) is 0 Å². The molecule has 90 valence electrons. The number of nitrogens with two attached hydrogens (primary N) is 1. The second-order valence-corrected chi connectivity index (χ2v) is 5.44. The third-order valence-corrected chi connectivity index (χ3v) is 3.70. The van der Waals surface area contributed by atoms with Crippen molar-refractivity contribution in [1.82, 2.24) is 10.2 Å². The first kappa shape index (κ1) is 12.9. The van der Waals surface area contributed by atoms with Gasteiger partial charge >= 0.3 is 0 Å². The molecule has 1 aromatic carbocycles. The highest BCUT2D eigenvalue weighted by molar-refractivity contribution is 9.10. The predicted molar refractivity (Wildman–Crippen MR) is 70.9 cm³/mol. The zero-order valence-corrected chi connectivity index (χ0v) is 11.8. The average Bonchev–Trinajstić information content (AvgIpc) is 2.76. The molecule has 0 fully saturated rings. The molecule has 7 heteroatoms. The summed E-state index contributed by atoms with van der Waals surface area (Å²) in [7, 11) is 0. The van der Waals surface area contributed by atoms with E-state index in [1.807, 2.05) is 18.2 Å². The van der Waals surface area contributed by atoms with E-state index in [0.717, 1.165) is 10.0 Å². The smallest absolute Gasteiger partial charge is 0.276 e. The van der Waals surface area contributed by atoms with Crippen LogP contribution in [0.3, 0.4) is 0 Å². The van der Waals surface area contributed by atoms with Crippen LogP contribution in [0.5, 0.6) is 0 Å². The summed E-state index contributed by atoms with van der Waals surface area (Å²) in [5.74, 6) is 1.12. The lowest BCUT2D eigenvalue weighted by molar-refractivity contribution is 0.415. The second kappa shape index (κ2) is 5.86. The summed E-state index contributed by atoms with van der Waals surface area (Å²) in [5.41, 5.74) is 6.40. The Kier molecular flexibility index (Phi) is 4.44. The van der Waals surface area contributed by atoms with E-state index in [0.29, 0.717) is 21.9 Å². The topological polar surface area (TPSA) is 64.9 Å². The molecule has 0 radical (unpaired) electrons. The number of aromatic nitrogens is 2. The number of hydrogen-bond donors (Lipinski definition) is 1. The molecule has 17 heavy (non-hydrogen) atoms. The van der Waals surface area contributed by atoms with Crippen LogP contribution >= 0.6 is 39.3 Å². The molecule has 2 N–H and O–H groups in total. The average molecular weight is 335 g/mol. The highest BCUT2D eigenvalue weighted by Crippen LogP contribution is 2.27. The monoisotopic (exact) mass is 333 g/mol. The summed E-state index contributed by atoms with van der Waals surface area (Å²) in [6.07, 6.45) is 0. The number of thioether (sulfide) groups is 1. The standard InChI is InChI=1S/C10H9BrClN3OS/c11-7-2-1-6(8(12)3-7)5-17-10-15-14-9(4-13)16-10/h1-3H,4-5,13H2. The summed E-state index contributed by atoms with van der Waals surface area (Å²) in [6.45, 7) is 0.257. The minimum atomic E-state index is 0.257. The lowest BCUT2D eigenvalue weighted by Crippen LogP contribution is -1.95. The van der Waals surface area contributed by atoms with Gasteiger partial charge in [-0.25, -0.2) is 0 Å². The fourth-order valence-electron chi connectivity index (χ4n) is 1.16. The van der Waals surface area contributed by atoms with Crippen molar-refractivity contribution in [3.05, 3.63) is 39.1 Å². The van der Waals surface area contributed by atoms with Gasteiger partial charge in [0.1, 0.15) is 0 Å².